The van der Waals surface area contributed by atoms with E-state index in [4.69, 9.17) is 4.74 Å². The Labute approximate surface area is 166 Å². The van der Waals surface area contributed by atoms with Gasteiger partial charge in [0.2, 0.25) is 0 Å². The molecule has 28 heavy (non-hydrogen) atoms. The fourth-order valence-electron chi connectivity index (χ4n) is 4.09. The highest BCUT2D eigenvalue weighted by atomic mass is 16.5. The molecule has 1 aliphatic rings. The monoisotopic (exact) mass is 377 g/mol. The van der Waals surface area contributed by atoms with Crippen LogP contribution in [0, 0.1) is 18.8 Å². The predicted molar refractivity (Wildman–Crippen MR) is 110 cm³/mol. The number of piperidine rings is 1. The summed E-state index contributed by atoms with van der Waals surface area (Å²) in [5.74, 6) is 1.97. The normalized spacial score (nSPS) is 19.8. The van der Waals surface area contributed by atoms with E-state index in [9.17, 15) is 4.79 Å². The second-order valence-corrected chi connectivity index (χ2v) is 8.17. The molecule has 0 unspecified atom stereocenters. The third-order valence-corrected chi connectivity index (χ3v) is 5.29. The number of amides is 1. The highest BCUT2D eigenvalue weighted by Gasteiger charge is 2.26. The zero-order valence-electron chi connectivity index (χ0n) is 16.8. The molecule has 3 heterocycles. The van der Waals surface area contributed by atoms with Crippen LogP contribution in [0.25, 0.3) is 5.65 Å². The molecule has 1 amide bonds. The molecule has 5 heteroatoms. The molecule has 3 aromatic rings. The Morgan fingerprint density at radius 2 is 1.79 bits per heavy atom. The zero-order chi connectivity index (χ0) is 19.7. The lowest BCUT2D eigenvalue weighted by Crippen LogP contribution is -2.42. The maximum Gasteiger partial charge on any atom is 0.253 e. The van der Waals surface area contributed by atoms with Crippen molar-refractivity contribution in [1.82, 2.24) is 14.3 Å². The van der Waals surface area contributed by atoms with Crippen LogP contribution in [0.2, 0.25) is 0 Å². The molecule has 0 bridgehead atoms. The van der Waals surface area contributed by atoms with E-state index in [-0.39, 0.29) is 5.91 Å². The Bertz CT molecular complexity index is 967. The lowest BCUT2D eigenvalue weighted by Gasteiger charge is -2.35. The van der Waals surface area contributed by atoms with Gasteiger partial charge in [0.25, 0.3) is 5.91 Å². The largest absolute Gasteiger partial charge is 0.487 e. The fraction of sp³-hybridized carbons (Fsp3) is 0.391. The molecular weight excluding hydrogens is 350 g/mol. The molecule has 2 aromatic heterocycles. The standard InChI is InChI=1S/C23H27N3O2/c1-16-4-9-22-24-20(14-25(22)11-16)15-28-21-7-5-19(6-8-21)23(27)26-12-17(2)10-18(3)13-26/h4-9,11,14,17-18H,10,12-13,15H2,1-3H3/t17-,18+. The molecule has 0 spiro atoms. The van der Waals surface area contributed by atoms with E-state index < -0.39 is 0 Å². The third-order valence-electron chi connectivity index (χ3n) is 5.29. The van der Waals surface area contributed by atoms with Crippen LogP contribution in [0.15, 0.2) is 48.8 Å². The van der Waals surface area contributed by atoms with Crippen molar-refractivity contribution in [3.05, 3.63) is 65.6 Å². The summed E-state index contributed by atoms with van der Waals surface area (Å²) in [6.45, 7) is 8.57. The van der Waals surface area contributed by atoms with Crippen LogP contribution >= 0.6 is 0 Å². The number of carbonyl (C=O) groups is 1. The first-order chi connectivity index (χ1) is 13.5. The number of pyridine rings is 1. The van der Waals surface area contributed by atoms with Crippen LogP contribution in [-0.4, -0.2) is 33.3 Å². The van der Waals surface area contributed by atoms with Gasteiger partial charge >= 0.3 is 0 Å². The van der Waals surface area contributed by atoms with Gasteiger partial charge in [0.05, 0.1) is 5.69 Å². The van der Waals surface area contributed by atoms with E-state index in [1.165, 1.54) is 12.0 Å². The van der Waals surface area contributed by atoms with E-state index in [1.54, 1.807) is 0 Å². The van der Waals surface area contributed by atoms with E-state index >= 15 is 0 Å². The SMILES string of the molecule is Cc1ccc2nc(COc3ccc(C(=O)N4C[C@H](C)C[C@H](C)C4)cc3)cn2c1. The lowest BCUT2D eigenvalue weighted by molar-refractivity contribution is 0.0623. The summed E-state index contributed by atoms with van der Waals surface area (Å²) in [5.41, 5.74) is 3.70. The Balaban J connectivity index is 1.39. The van der Waals surface area contributed by atoms with E-state index in [0.29, 0.717) is 18.4 Å². The lowest BCUT2D eigenvalue weighted by atomic mass is 9.91. The van der Waals surface area contributed by atoms with E-state index in [0.717, 1.165) is 35.7 Å². The number of imidazole rings is 1. The zero-order valence-corrected chi connectivity index (χ0v) is 16.8. The number of likely N-dealkylation sites (tertiary alicyclic amines) is 1. The van der Waals surface area contributed by atoms with Crippen molar-refractivity contribution in [2.75, 3.05) is 13.1 Å². The average molecular weight is 377 g/mol. The number of aromatic nitrogens is 2. The van der Waals surface area contributed by atoms with Gasteiger partial charge in [-0.2, -0.15) is 0 Å². The Morgan fingerprint density at radius 3 is 2.50 bits per heavy atom. The molecule has 1 aromatic carbocycles. The van der Waals surface area contributed by atoms with Crippen LogP contribution < -0.4 is 4.74 Å². The second-order valence-electron chi connectivity index (χ2n) is 8.17. The summed E-state index contributed by atoms with van der Waals surface area (Å²) < 4.78 is 7.88. The number of ether oxygens (including phenoxy) is 1. The summed E-state index contributed by atoms with van der Waals surface area (Å²) in [4.78, 5) is 19.3. The molecule has 0 radical (unpaired) electrons. The van der Waals surface area contributed by atoms with Gasteiger partial charge in [-0.3, -0.25) is 4.79 Å². The topological polar surface area (TPSA) is 46.8 Å². The second kappa shape index (κ2) is 7.66. The Kier molecular flexibility index (Phi) is 5.07. The minimum absolute atomic E-state index is 0.112. The van der Waals surface area contributed by atoms with E-state index in [2.05, 4.69) is 32.0 Å². The van der Waals surface area contributed by atoms with Gasteiger partial charge in [-0.1, -0.05) is 19.9 Å². The number of fused-ring (bicyclic) bond motifs is 1. The number of benzene rings is 1. The van der Waals surface area contributed by atoms with E-state index in [1.807, 2.05) is 51.9 Å². The first-order valence-electron chi connectivity index (χ1n) is 9.94. The number of aryl methyl sites for hydroxylation is 1. The first kappa shape index (κ1) is 18.5. The van der Waals surface area contributed by atoms with Crippen molar-refractivity contribution >= 4 is 11.6 Å². The number of carbonyl (C=O) groups excluding carboxylic acids is 1. The molecule has 5 nitrogen and oxygen atoms in total. The summed E-state index contributed by atoms with van der Waals surface area (Å²) in [6, 6.07) is 11.5. The molecule has 146 valence electrons. The van der Waals surface area contributed by atoms with Crippen LogP contribution in [0.5, 0.6) is 5.75 Å². The maximum atomic E-state index is 12.8. The van der Waals surface area contributed by atoms with Gasteiger partial charge in [0, 0.05) is 31.0 Å². The molecule has 1 saturated heterocycles. The third kappa shape index (κ3) is 4.03. The molecule has 1 fully saturated rings. The minimum atomic E-state index is 0.112. The van der Waals surface area contributed by atoms with Crippen LogP contribution in [0.3, 0.4) is 0 Å². The van der Waals surface area contributed by atoms with Crippen molar-refractivity contribution in [3.8, 4) is 5.75 Å². The van der Waals surface area contributed by atoms with Crippen molar-refractivity contribution in [2.45, 2.75) is 33.8 Å². The first-order valence-corrected chi connectivity index (χ1v) is 9.94. The van der Waals surface area contributed by atoms with Crippen LogP contribution in [-0.2, 0) is 6.61 Å². The molecule has 4 rings (SSSR count). The van der Waals surface area contributed by atoms with Crippen molar-refractivity contribution < 1.29 is 9.53 Å². The van der Waals surface area contributed by atoms with Crippen LogP contribution in [0.1, 0.15) is 41.9 Å². The molecule has 2 atom stereocenters. The highest BCUT2D eigenvalue weighted by molar-refractivity contribution is 5.94. The Morgan fingerprint density at radius 1 is 1.07 bits per heavy atom. The van der Waals surface area contributed by atoms with Crippen molar-refractivity contribution in [1.29, 1.82) is 0 Å². The number of nitrogens with zero attached hydrogens (tertiary/aromatic N) is 3. The maximum absolute atomic E-state index is 12.8. The molecule has 0 aliphatic carbocycles. The molecule has 0 N–H and O–H groups in total. The van der Waals surface area contributed by atoms with Gasteiger partial charge in [-0.05, 0) is 61.1 Å². The van der Waals surface area contributed by atoms with Gasteiger partial charge < -0.3 is 14.0 Å². The van der Waals surface area contributed by atoms with Gasteiger partial charge in [-0.15, -0.1) is 0 Å². The summed E-state index contributed by atoms with van der Waals surface area (Å²) in [7, 11) is 0. The fourth-order valence-corrected chi connectivity index (χ4v) is 4.09. The number of hydrogen-bond donors (Lipinski definition) is 0. The quantitative estimate of drug-likeness (QED) is 0.679. The highest BCUT2D eigenvalue weighted by Crippen LogP contribution is 2.23. The Hall–Kier alpha value is -2.82. The predicted octanol–water partition coefficient (Wildman–Crippen LogP) is 4.34. The molecule has 1 aliphatic heterocycles. The van der Waals surface area contributed by atoms with Crippen LogP contribution in [0.4, 0.5) is 0 Å². The summed E-state index contributed by atoms with van der Waals surface area (Å²) in [5, 5.41) is 0. The number of rotatable bonds is 4. The van der Waals surface area contributed by atoms with Gasteiger partial charge in [0.15, 0.2) is 0 Å². The smallest absolute Gasteiger partial charge is 0.253 e. The van der Waals surface area contributed by atoms with Crippen molar-refractivity contribution in [2.24, 2.45) is 11.8 Å². The van der Waals surface area contributed by atoms with Crippen molar-refractivity contribution in [3.63, 3.8) is 0 Å². The average Bonchev–Trinajstić information content (AvgIpc) is 3.07. The summed E-state index contributed by atoms with van der Waals surface area (Å²) in [6.07, 6.45) is 5.23. The minimum Gasteiger partial charge on any atom is -0.487 e. The molecule has 0 saturated carbocycles. The van der Waals surface area contributed by atoms with Gasteiger partial charge in [0.1, 0.15) is 18.0 Å². The summed E-state index contributed by atoms with van der Waals surface area (Å²) >= 11 is 0. The molecular formula is C23H27N3O2. The van der Waals surface area contributed by atoms with Gasteiger partial charge in [-0.25, -0.2) is 4.98 Å². The number of hydrogen-bond acceptors (Lipinski definition) is 3.